The molecule has 0 aliphatic rings. The second-order valence-corrected chi connectivity index (χ2v) is 5.67. The summed E-state index contributed by atoms with van der Waals surface area (Å²) >= 11 is 0. The Kier molecular flexibility index (Phi) is 8.89. The number of alkyl halides is 2. The summed E-state index contributed by atoms with van der Waals surface area (Å²) in [5, 5.41) is 6.41. The van der Waals surface area contributed by atoms with E-state index < -0.39 is 6.61 Å². The van der Waals surface area contributed by atoms with Gasteiger partial charge in [-0.2, -0.15) is 8.78 Å². The maximum atomic E-state index is 12.5. The van der Waals surface area contributed by atoms with E-state index in [9.17, 15) is 8.78 Å². The fourth-order valence-electron chi connectivity index (χ4n) is 2.00. The van der Waals surface area contributed by atoms with Gasteiger partial charge in [-0.25, -0.2) is 4.99 Å². The van der Waals surface area contributed by atoms with Crippen molar-refractivity contribution in [2.75, 3.05) is 20.2 Å². The zero-order valence-corrected chi connectivity index (χ0v) is 14.7. The van der Waals surface area contributed by atoms with Crippen molar-refractivity contribution in [1.29, 1.82) is 0 Å². The Labute approximate surface area is 142 Å². The standard InChI is InChI=1S/C17H27F2N3O2/c1-5-20-17(21-9-8-12(2)3)22-11-13-6-7-14(23-4)15(10-13)24-16(18)19/h6-7,10,12,16H,5,8-9,11H2,1-4H3,(H2,20,21,22). The minimum atomic E-state index is -2.90. The lowest BCUT2D eigenvalue weighted by molar-refractivity contribution is -0.0512. The summed E-state index contributed by atoms with van der Waals surface area (Å²) in [4.78, 5) is 4.47. The average Bonchev–Trinajstić information content (AvgIpc) is 2.52. The summed E-state index contributed by atoms with van der Waals surface area (Å²) in [6.07, 6.45) is 1.04. The topological polar surface area (TPSA) is 54.9 Å². The van der Waals surface area contributed by atoms with E-state index in [1.54, 1.807) is 12.1 Å². The third-order valence-electron chi connectivity index (χ3n) is 3.22. The average molecular weight is 343 g/mol. The molecule has 0 saturated heterocycles. The van der Waals surface area contributed by atoms with Gasteiger partial charge in [-0.3, -0.25) is 0 Å². The highest BCUT2D eigenvalue weighted by molar-refractivity contribution is 5.79. The third kappa shape index (κ3) is 7.48. The van der Waals surface area contributed by atoms with Crippen molar-refractivity contribution in [2.45, 2.75) is 40.3 Å². The van der Waals surface area contributed by atoms with E-state index in [4.69, 9.17) is 4.74 Å². The highest BCUT2D eigenvalue weighted by Crippen LogP contribution is 2.29. The summed E-state index contributed by atoms with van der Waals surface area (Å²) in [6.45, 7) is 5.33. The number of ether oxygens (including phenoxy) is 2. The van der Waals surface area contributed by atoms with Crippen LogP contribution in [0.2, 0.25) is 0 Å². The van der Waals surface area contributed by atoms with Gasteiger partial charge in [0.1, 0.15) is 0 Å². The number of hydrogen-bond acceptors (Lipinski definition) is 3. The molecule has 0 aliphatic carbocycles. The predicted molar refractivity (Wildman–Crippen MR) is 91.9 cm³/mol. The number of methoxy groups -OCH3 is 1. The van der Waals surface area contributed by atoms with Crippen LogP contribution in [0.5, 0.6) is 11.5 Å². The van der Waals surface area contributed by atoms with Crippen LogP contribution in [0.4, 0.5) is 8.78 Å². The lowest BCUT2D eigenvalue weighted by atomic mass is 10.1. The number of benzene rings is 1. The van der Waals surface area contributed by atoms with E-state index in [-0.39, 0.29) is 11.5 Å². The van der Waals surface area contributed by atoms with Crippen molar-refractivity contribution in [3.63, 3.8) is 0 Å². The van der Waals surface area contributed by atoms with Crippen molar-refractivity contribution in [3.8, 4) is 11.5 Å². The molecule has 0 bridgehead atoms. The molecule has 0 atom stereocenters. The first-order chi connectivity index (χ1) is 11.5. The summed E-state index contributed by atoms with van der Waals surface area (Å²) in [6, 6.07) is 4.90. The van der Waals surface area contributed by atoms with Crippen LogP contribution in [0.25, 0.3) is 0 Å². The lowest BCUT2D eigenvalue weighted by Gasteiger charge is -2.13. The van der Waals surface area contributed by atoms with Gasteiger partial charge in [0.15, 0.2) is 17.5 Å². The van der Waals surface area contributed by atoms with Gasteiger partial charge in [0, 0.05) is 13.1 Å². The lowest BCUT2D eigenvalue weighted by Crippen LogP contribution is -2.38. The molecular formula is C17H27F2N3O2. The maximum absolute atomic E-state index is 12.5. The number of hydrogen-bond donors (Lipinski definition) is 2. The monoisotopic (exact) mass is 343 g/mol. The van der Waals surface area contributed by atoms with Crippen molar-refractivity contribution in [1.82, 2.24) is 10.6 Å². The second kappa shape index (κ2) is 10.7. The molecule has 2 N–H and O–H groups in total. The molecule has 0 heterocycles. The molecule has 0 radical (unpaired) electrons. The first kappa shape index (κ1) is 20.0. The molecule has 7 heteroatoms. The zero-order chi connectivity index (χ0) is 17.9. The molecule has 1 rings (SSSR count). The van der Waals surface area contributed by atoms with E-state index >= 15 is 0 Å². The summed E-state index contributed by atoms with van der Waals surface area (Å²) in [5.41, 5.74) is 0.757. The summed E-state index contributed by atoms with van der Waals surface area (Å²) < 4.78 is 34.4. The molecule has 0 amide bonds. The largest absolute Gasteiger partial charge is 0.493 e. The van der Waals surface area contributed by atoms with Crippen LogP contribution < -0.4 is 20.1 Å². The molecule has 0 unspecified atom stereocenters. The van der Waals surface area contributed by atoms with Gasteiger partial charge in [-0.15, -0.1) is 0 Å². The molecular weight excluding hydrogens is 316 g/mol. The number of halogens is 2. The Morgan fingerprint density at radius 2 is 1.96 bits per heavy atom. The van der Waals surface area contributed by atoms with Crippen LogP contribution in [0, 0.1) is 5.92 Å². The molecule has 24 heavy (non-hydrogen) atoms. The van der Waals surface area contributed by atoms with Crippen LogP contribution in [-0.4, -0.2) is 32.8 Å². The Balaban J connectivity index is 2.76. The van der Waals surface area contributed by atoms with Crippen molar-refractivity contribution < 1.29 is 18.3 Å². The van der Waals surface area contributed by atoms with E-state index in [1.165, 1.54) is 13.2 Å². The number of nitrogens with zero attached hydrogens (tertiary/aromatic N) is 1. The summed E-state index contributed by atoms with van der Waals surface area (Å²) in [7, 11) is 1.41. The minimum Gasteiger partial charge on any atom is -0.493 e. The Hall–Kier alpha value is -2.05. The van der Waals surface area contributed by atoms with E-state index in [0.29, 0.717) is 18.4 Å². The molecule has 0 saturated carbocycles. The van der Waals surface area contributed by atoms with Gasteiger partial charge in [0.05, 0.1) is 13.7 Å². The van der Waals surface area contributed by atoms with Crippen LogP contribution in [0.15, 0.2) is 23.2 Å². The Morgan fingerprint density at radius 1 is 1.21 bits per heavy atom. The second-order valence-electron chi connectivity index (χ2n) is 5.67. The van der Waals surface area contributed by atoms with E-state index in [1.807, 2.05) is 6.92 Å². The predicted octanol–water partition coefficient (Wildman–Crippen LogP) is 3.40. The van der Waals surface area contributed by atoms with Crippen LogP contribution in [0.1, 0.15) is 32.8 Å². The van der Waals surface area contributed by atoms with Crippen molar-refractivity contribution in [3.05, 3.63) is 23.8 Å². The van der Waals surface area contributed by atoms with E-state index in [0.717, 1.165) is 25.1 Å². The molecule has 1 aromatic carbocycles. The SMILES string of the molecule is CCNC(=NCc1ccc(OC)c(OC(F)F)c1)NCCC(C)C. The van der Waals surface area contributed by atoms with Crippen molar-refractivity contribution >= 4 is 5.96 Å². The zero-order valence-electron chi connectivity index (χ0n) is 14.7. The number of aliphatic imine (C=N–C) groups is 1. The molecule has 1 aromatic rings. The number of guanidine groups is 1. The van der Waals surface area contributed by atoms with Gasteiger partial charge in [0.25, 0.3) is 0 Å². The van der Waals surface area contributed by atoms with Gasteiger partial charge < -0.3 is 20.1 Å². The minimum absolute atomic E-state index is 0.0120. The quantitative estimate of drug-likeness (QED) is 0.533. The van der Waals surface area contributed by atoms with Crippen LogP contribution in [0.3, 0.4) is 0 Å². The highest BCUT2D eigenvalue weighted by Gasteiger charge is 2.11. The molecule has 136 valence electrons. The molecule has 0 fully saturated rings. The third-order valence-corrected chi connectivity index (χ3v) is 3.22. The first-order valence-electron chi connectivity index (χ1n) is 8.10. The Bertz CT molecular complexity index is 523. The maximum Gasteiger partial charge on any atom is 0.387 e. The summed E-state index contributed by atoms with van der Waals surface area (Å²) in [5.74, 6) is 1.59. The van der Waals surface area contributed by atoms with Crippen LogP contribution >= 0.6 is 0 Å². The highest BCUT2D eigenvalue weighted by atomic mass is 19.3. The van der Waals surface area contributed by atoms with Gasteiger partial charge in [-0.1, -0.05) is 19.9 Å². The molecule has 5 nitrogen and oxygen atoms in total. The normalized spacial score (nSPS) is 11.8. The molecule has 0 spiro atoms. The number of nitrogens with one attached hydrogen (secondary N) is 2. The van der Waals surface area contributed by atoms with Crippen LogP contribution in [-0.2, 0) is 6.54 Å². The van der Waals surface area contributed by atoms with Gasteiger partial charge in [0.2, 0.25) is 0 Å². The number of rotatable bonds is 9. The van der Waals surface area contributed by atoms with Gasteiger partial charge >= 0.3 is 6.61 Å². The first-order valence-corrected chi connectivity index (χ1v) is 8.10. The molecule has 0 aliphatic heterocycles. The molecule has 0 aromatic heterocycles. The van der Waals surface area contributed by atoms with E-state index in [2.05, 4.69) is 34.2 Å². The fraction of sp³-hybridized carbons (Fsp3) is 0.588. The Morgan fingerprint density at radius 3 is 2.54 bits per heavy atom. The van der Waals surface area contributed by atoms with Gasteiger partial charge in [-0.05, 0) is 37.0 Å². The fourth-order valence-corrected chi connectivity index (χ4v) is 2.00. The smallest absolute Gasteiger partial charge is 0.387 e. The van der Waals surface area contributed by atoms with Crippen molar-refractivity contribution in [2.24, 2.45) is 10.9 Å².